The molecule has 2 rings (SSSR count). The first kappa shape index (κ1) is 20.6. The fourth-order valence-electron chi connectivity index (χ4n) is 2.01. The minimum Gasteiger partial charge on any atom is -0.346 e. The summed E-state index contributed by atoms with van der Waals surface area (Å²) in [4.78, 5) is 23.7. The van der Waals surface area contributed by atoms with Gasteiger partial charge < -0.3 is 16.5 Å². The molecule has 27 heavy (non-hydrogen) atoms. The number of benzene rings is 1. The molecule has 0 spiro atoms. The summed E-state index contributed by atoms with van der Waals surface area (Å²) in [7, 11) is 0. The van der Waals surface area contributed by atoms with Crippen molar-refractivity contribution >= 4 is 29.3 Å². The molecule has 0 aliphatic carbocycles. The van der Waals surface area contributed by atoms with Crippen LogP contribution in [0.2, 0.25) is 0 Å². The number of aryl methyl sites for hydroxylation is 1. The number of hydrogen-bond acceptors (Lipinski definition) is 6. The van der Waals surface area contributed by atoms with Crippen LogP contribution in [0, 0.1) is 13.8 Å². The number of anilines is 1. The Kier molecular flexibility index (Phi) is 6.31. The number of carbonyl (C=O) groups is 2. The van der Waals surface area contributed by atoms with E-state index >= 15 is 0 Å². The molecule has 0 atom stereocenters. The van der Waals surface area contributed by atoms with Gasteiger partial charge in [0.15, 0.2) is 0 Å². The zero-order valence-electron chi connectivity index (χ0n) is 14.4. The predicted molar refractivity (Wildman–Crippen MR) is 93.5 cm³/mol. The molecule has 0 saturated heterocycles. The van der Waals surface area contributed by atoms with Crippen LogP contribution in [0.4, 0.5) is 18.9 Å². The molecule has 0 unspecified atom stereocenters. The molecule has 0 saturated carbocycles. The van der Waals surface area contributed by atoms with Crippen LogP contribution in [-0.2, 0) is 15.8 Å². The van der Waals surface area contributed by atoms with E-state index in [0.717, 1.165) is 11.1 Å². The molecular formula is C15H17F3N6O2S. The molecule has 146 valence electrons. The van der Waals surface area contributed by atoms with Crippen molar-refractivity contribution in [3.8, 4) is 0 Å². The number of thioether (sulfide) groups is 1. The van der Waals surface area contributed by atoms with Gasteiger partial charge in [0.2, 0.25) is 17.0 Å². The van der Waals surface area contributed by atoms with Crippen LogP contribution < -0.4 is 16.5 Å². The molecule has 1 aromatic carbocycles. The molecule has 0 radical (unpaired) electrons. The number of nitrogens with zero attached hydrogens (tertiary/aromatic N) is 3. The topological polar surface area (TPSA) is 115 Å². The van der Waals surface area contributed by atoms with E-state index in [-0.39, 0.29) is 22.1 Å². The molecule has 8 nitrogen and oxygen atoms in total. The van der Waals surface area contributed by atoms with Crippen LogP contribution in [0.15, 0.2) is 23.4 Å². The molecule has 0 aliphatic rings. The van der Waals surface area contributed by atoms with Gasteiger partial charge in [-0.05, 0) is 31.0 Å². The fraction of sp³-hybridized carbons (Fsp3) is 0.333. The van der Waals surface area contributed by atoms with E-state index in [1.54, 1.807) is 12.1 Å². The van der Waals surface area contributed by atoms with E-state index in [4.69, 9.17) is 5.84 Å². The lowest BCUT2D eigenvalue weighted by Crippen LogP contribution is -2.34. The predicted octanol–water partition coefficient (Wildman–Crippen LogP) is 1.47. The minimum atomic E-state index is -4.74. The molecule has 1 heterocycles. The number of nitrogens with two attached hydrogens (primary N) is 1. The molecule has 2 amide bonds. The second-order valence-electron chi connectivity index (χ2n) is 5.53. The summed E-state index contributed by atoms with van der Waals surface area (Å²) in [6, 6.07) is 5.44. The average Bonchev–Trinajstić information content (AvgIpc) is 2.96. The Balaban J connectivity index is 1.82. The number of hydrogen-bond donors (Lipinski definition) is 3. The van der Waals surface area contributed by atoms with Gasteiger partial charge in [-0.25, -0.2) is 4.68 Å². The fourth-order valence-corrected chi connectivity index (χ4v) is 2.70. The summed E-state index contributed by atoms with van der Waals surface area (Å²) < 4.78 is 38.0. The summed E-state index contributed by atoms with van der Waals surface area (Å²) in [6.45, 7) is 3.48. The van der Waals surface area contributed by atoms with Crippen molar-refractivity contribution in [1.29, 1.82) is 0 Å². The lowest BCUT2D eigenvalue weighted by atomic mass is 10.1. The van der Waals surface area contributed by atoms with Gasteiger partial charge in [0.25, 0.3) is 5.82 Å². The largest absolute Gasteiger partial charge is 0.453 e. The number of amides is 2. The zero-order valence-corrected chi connectivity index (χ0v) is 15.2. The van der Waals surface area contributed by atoms with E-state index < -0.39 is 23.8 Å². The Morgan fingerprint density at radius 3 is 2.56 bits per heavy atom. The Labute approximate surface area is 156 Å². The number of halogens is 3. The lowest BCUT2D eigenvalue weighted by molar-refractivity contribution is -0.146. The Bertz CT molecular complexity index is 853. The van der Waals surface area contributed by atoms with Crippen molar-refractivity contribution in [2.45, 2.75) is 25.2 Å². The highest BCUT2D eigenvalue weighted by Crippen LogP contribution is 2.28. The van der Waals surface area contributed by atoms with Crippen LogP contribution >= 0.6 is 11.8 Å². The number of alkyl halides is 3. The molecule has 0 aliphatic heterocycles. The van der Waals surface area contributed by atoms with Crippen molar-refractivity contribution in [3.63, 3.8) is 0 Å². The third-order valence-electron chi connectivity index (χ3n) is 3.58. The van der Waals surface area contributed by atoms with Gasteiger partial charge in [-0.15, -0.1) is 10.2 Å². The Hall–Kier alpha value is -2.76. The second-order valence-corrected chi connectivity index (χ2v) is 6.48. The standard InChI is InChI=1S/C15H17F3N6O2S/c1-8-4-3-5-10(9(8)2)21-11(25)6-20-12(26)7-27-14-23-22-13(24(14)19)15(16,17)18/h3-5H,6-7,19H2,1-2H3,(H,20,26)(H,21,25). The van der Waals surface area contributed by atoms with Crippen molar-refractivity contribution in [3.05, 3.63) is 35.2 Å². The van der Waals surface area contributed by atoms with Crippen molar-refractivity contribution in [1.82, 2.24) is 20.2 Å². The van der Waals surface area contributed by atoms with Crippen molar-refractivity contribution in [2.24, 2.45) is 0 Å². The highest BCUT2D eigenvalue weighted by Gasteiger charge is 2.38. The Morgan fingerprint density at radius 1 is 1.22 bits per heavy atom. The van der Waals surface area contributed by atoms with E-state index in [1.807, 2.05) is 19.9 Å². The van der Waals surface area contributed by atoms with Gasteiger partial charge in [0, 0.05) is 5.69 Å². The first-order chi connectivity index (χ1) is 12.6. The van der Waals surface area contributed by atoms with Crippen LogP contribution in [0.1, 0.15) is 17.0 Å². The van der Waals surface area contributed by atoms with Crippen molar-refractivity contribution < 1.29 is 22.8 Å². The normalized spacial score (nSPS) is 11.3. The summed E-state index contributed by atoms with van der Waals surface area (Å²) in [5, 5.41) is 11.0. The molecule has 12 heteroatoms. The van der Waals surface area contributed by atoms with E-state index in [9.17, 15) is 22.8 Å². The number of nitrogen functional groups attached to an aromatic ring is 1. The average molecular weight is 402 g/mol. The van der Waals surface area contributed by atoms with E-state index in [2.05, 4.69) is 20.8 Å². The number of nitrogens with one attached hydrogen (secondary N) is 2. The zero-order chi connectivity index (χ0) is 20.2. The molecule has 1 aromatic heterocycles. The monoisotopic (exact) mass is 402 g/mol. The van der Waals surface area contributed by atoms with Crippen LogP contribution in [0.25, 0.3) is 0 Å². The highest BCUT2D eigenvalue weighted by atomic mass is 32.2. The van der Waals surface area contributed by atoms with Gasteiger partial charge in [-0.2, -0.15) is 13.2 Å². The van der Waals surface area contributed by atoms with Gasteiger partial charge in [0.05, 0.1) is 12.3 Å². The third kappa shape index (κ3) is 5.36. The minimum absolute atomic E-state index is 0.266. The Morgan fingerprint density at radius 2 is 1.93 bits per heavy atom. The maximum atomic E-state index is 12.6. The maximum Gasteiger partial charge on any atom is 0.453 e. The second kappa shape index (κ2) is 8.29. The van der Waals surface area contributed by atoms with Gasteiger partial charge in [-0.3, -0.25) is 9.59 Å². The first-order valence-corrected chi connectivity index (χ1v) is 8.61. The van der Waals surface area contributed by atoms with Gasteiger partial charge >= 0.3 is 6.18 Å². The lowest BCUT2D eigenvalue weighted by Gasteiger charge is -2.11. The molecule has 4 N–H and O–H groups in total. The van der Waals surface area contributed by atoms with Crippen molar-refractivity contribution in [2.75, 3.05) is 23.5 Å². The summed E-state index contributed by atoms with van der Waals surface area (Å²) >= 11 is 0.673. The quantitative estimate of drug-likeness (QED) is 0.498. The third-order valence-corrected chi connectivity index (χ3v) is 4.52. The number of rotatable bonds is 6. The smallest absolute Gasteiger partial charge is 0.346 e. The number of carbonyl (C=O) groups excluding carboxylic acids is 2. The van der Waals surface area contributed by atoms with E-state index in [0.29, 0.717) is 17.4 Å². The molecule has 0 bridgehead atoms. The summed E-state index contributed by atoms with van der Waals surface area (Å²) in [5.74, 6) is 2.64. The molecule has 2 aromatic rings. The highest BCUT2D eigenvalue weighted by molar-refractivity contribution is 7.99. The summed E-state index contributed by atoms with van der Waals surface area (Å²) in [5.41, 5.74) is 2.56. The van der Waals surface area contributed by atoms with Gasteiger partial charge in [0.1, 0.15) is 0 Å². The van der Waals surface area contributed by atoms with Crippen LogP contribution in [0.5, 0.6) is 0 Å². The number of aromatic nitrogens is 3. The molecular weight excluding hydrogens is 385 g/mol. The van der Waals surface area contributed by atoms with E-state index in [1.165, 1.54) is 0 Å². The summed E-state index contributed by atoms with van der Waals surface area (Å²) in [6.07, 6.45) is -4.74. The first-order valence-electron chi connectivity index (χ1n) is 7.63. The van der Waals surface area contributed by atoms with Crippen LogP contribution in [-0.4, -0.2) is 39.0 Å². The molecule has 0 fully saturated rings. The maximum absolute atomic E-state index is 12.6. The van der Waals surface area contributed by atoms with Crippen LogP contribution in [0.3, 0.4) is 0 Å². The van der Waals surface area contributed by atoms with Gasteiger partial charge in [-0.1, -0.05) is 23.9 Å². The SMILES string of the molecule is Cc1cccc(NC(=O)CNC(=O)CSc2nnc(C(F)(F)F)n2N)c1C.